The Kier molecular flexibility index (Phi) is 3.91. The highest BCUT2D eigenvalue weighted by Crippen LogP contribution is 2.42. The van der Waals surface area contributed by atoms with Gasteiger partial charge in [-0.3, -0.25) is 0 Å². The lowest BCUT2D eigenvalue weighted by atomic mass is 10.1. The van der Waals surface area contributed by atoms with Crippen molar-refractivity contribution in [1.29, 1.82) is 0 Å². The van der Waals surface area contributed by atoms with E-state index in [2.05, 4.69) is 0 Å². The average molecular weight is 321 g/mol. The van der Waals surface area contributed by atoms with Crippen molar-refractivity contribution in [3.63, 3.8) is 0 Å². The summed E-state index contributed by atoms with van der Waals surface area (Å²) in [4.78, 5) is 0.261. The maximum Gasteiger partial charge on any atom is 0.446 e. The summed E-state index contributed by atoms with van der Waals surface area (Å²) in [5, 5.41) is 0.681. The highest BCUT2D eigenvalue weighted by molar-refractivity contribution is 8.00. The molecule has 0 N–H and O–H groups in total. The van der Waals surface area contributed by atoms with Gasteiger partial charge in [-0.05, 0) is 35.9 Å². The molecule has 0 amide bonds. The zero-order valence-electron chi connectivity index (χ0n) is 11.9. The fraction of sp³-hybridized carbons (Fsp3) is 0.176. The second-order valence-corrected chi connectivity index (χ2v) is 6.23. The topological polar surface area (TPSA) is 4.93 Å². The van der Waals surface area contributed by atoms with Crippen molar-refractivity contribution < 1.29 is 13.2 Å². The first-order valence-electron chi connectivity index (χ1n) is 6.82. The molecule has 0 saturated carbocycles. The highest BCUT2D eigenvalue weighted by Gasteiger charge is 2.31. The summed E-state index contributed by atoms with van der Waals surface area (Å²) in [6.45, 7) is 2.40. The molecular weight excluding hydrogens is 307 g/mol. The normalized spacial score (nSPS) is 12.0. The van der Waals surface area contributed by atoms with Gasteiger partial charge in [-0.1, -0.05) is 42.5 Å². The summed E-state index contributed by atoms with van der Waals surface area (Å²) in [6.07, 6.45) is 1.60. The Bertz CT molecular complexity index is 791. The largest absolute Gasteiger partial charge is 0.446 e. The van der Waals surface area contributed by atoms with Gasteiger partial charge in [0.15, 0.2) is 0 Å². The smallest absolute Gasteiger partial charge is 0.342 e. The van der Waals surface area contributed by atoms with E-state index in [0.29, 0.717) is 11.9 Å². The van der Waals surface area contributed by atoms with Gasteiger partial charge >= 0.3 is 5.51 Å². The van der Waals surface area contributed by atoms with Gasteiger partial charge in [-0.2, -0.15) is 13.2 Å². The Balaban J connectivity index is 2.09. The molecule has 0 bridgehead atoms. The fourth-order valence-corrected chi connectivity index (χ4v) is 3.40. The van der Waals surface area contributed by atoms with Crippen molar-refractivity contribution in [2.24, 2.45) is 0 Å². The van der Waals surface area contributed by atoms with E-state index in [1.807, 2.05) is 60.0 Å². The molecule has 0 aliphatic carbocycles. The first kappa shape index (κ1) is 15.0. The van der Waals surface area contributed by atoms with Crippen LogP contribution in [0.1, 0.15) is 11.1 Å². The number of hydrogen-bond donors (Lipinski definition) is 0. The van der Waals surface area contributed by atoms with Gasteiger partial charge in [0.25, 0.3) is 0 Å². The second kappa shape index (κ2) is 5.72. The van der Waals surface area contributed by atoms with E-state index < -0.39 is 5.51 Å². The number of thioether (sulfide) groups is 1. The Labute approximate surface area is 130 Å². The number of benzene rings is 2. The van der Waals surface area contributed by atoms with E-state index in [0.717, 1.165) is 16.6 Å². The number of hydrogen-bond acceptors (Lipinski definition) is 1. The van der Waals surface area contributed by atoms with E-state index in [9.17, 15) is 13.2 Å². The zero-order chi connectivity index (χ0) is 15.7. The molecule has 0 atom stereocenters. The van der Waals surface area contributed by atoms with Crippen LogP contribution in [0.25, 0.3) is 10.9 Å². The molecule has 114 valence electrons. The molecule has 0 aliphatic rings. The summed E-state index contributed by atoms with van der Waals surface area (Å²) in [6, 6.07) is 15.3. The van der Waals surface area contributed by atoms with Crippen LogP contribution in [-0.4, -0.2) is 10.1 Å². The van der Waals surface area contributed by atoms with Crippen molar-refractivity contribution in [2.45, 2.75) is 23.9 Å². The molecule has 5 heteroatoms. The molecule has 22 heavy (non-hydrogen) atoms. The summed E-state index contributed by atoms with van der Waals surface area (Å²) in [7, 11) is 0. The summed E-state index contributed by atoms with van der Waals surface area (Å²) >= 11 is -0.0450. The minimum Gasteiger partial charge on any atom is -0.342 e. The maximum atomic E-state index is 12.8. The molecule has 0 unspecified atom stereocenters. The molecule has 1 heterocycles. The average Bonchev–Trinajstić information content (AvgIpc) is 2.77. The van der Waals surface area contributed by atoms with Crippen LogP contribution in [0.5, 0.6) is 0 Å². The molecular formula is C17H14F3NS. The lowest BCUT2D eigenvalue weighted by Gasteiger charge is -2.06. The first-order valence-corrected chi connectivity index (χ1v) is 7.64. The van der Waals surface area contributed by atoms with Crippen LogP contribution >= 0.6 is 11.8 Å². The number of aromatic nitrogens is 1. The standard InChI is InChI=1S/C17H14F3NS/c1-12-6-5-9-14-16(12)15(22-17(18,19)20)11-21(14)10-13-7-3-2-4-8-13/h2-9,11H,10H2,1H3. The molecule has 0 fully saturated rings. The number of halogens is 3. The summed E-state index contributed by atoms with van der Waals surface area (Å²) in [5.74, 6) is 0. The van der Waals surface area contributed by atoms with Gasteiger partial charge in [0, 0.05) is 28.5 Å². The summed E-state index contributed by atoms with van der Waals surface area (Å²) < 4.78 is 40.3. The van der Waals surface area contributed by atoms with Gasteiger partial charge in [-0.15, -0.1) is 0 Å². The molecule has 0 spiro atoms. The third-order valence-corrected chi connectivity index (χ3v) is 4.26. The third kappa shape index (κ3) is 3.14. The second-order valence-electron chi connectivity index (χ2n) is 5.12. The van der Waals surface area contributed by atoms with Crippen molar-refractivity contribution in [1.82, 2.24) is 4.57 Å². The van der Waals surface area contributed by atoms with Crippen LogP contribution in [0.3, 0.4) is 0 Å². The van der Waals surface area contributed by atoms with Gasteiger partial charge in [0.05, 0.1) is 0 Å². The molecule has 0 aliphatic heterocycles. The van der Waals surface area contributed by atoms with Crippen LogP contribution in [0, 0.1) is 6.92 Å². The SMILES string of the molecule is Cc1cccc2c1c(SC(F)(F)F)cn2Cc1ccccc1. The zero-order valence-corrected chi connectivity index (χ0v) is 12.7. The molecule has 0 saturated heterocycles. The number of nitrogens with zero attached hydrogens (tertiary/aromatic N) is 1. The molecule has 2 aromatic carbocycles. The Hall–Kier alpha value is -1.88. The molecule has 3 aromatic rings. The molecule has 0 radical (unpaired) electrons. The van der Waals surface area contributed by atoms with Gasteiger partial charge in [0.2, 0.25) is 0 Å². The minimum atomic E-state index is -4.28. The Morgan fingerprint density at radius 1 is 1.00 bits per heavy atom. The van der Waals surface area contributed by atoms with Crippen LogP contribution in [-0.2, 0) is 6.54 Å². The van der Waals surface area contributed by atoms with Crippen LogP contribution in [0.15, 0.2) is 59.6 Å². The number of alkyl halides is 3. The van der Waals surface area contributed by atoms with E-state index >= 15 is 0 Å². The highest BCUT2D eigenvalue weighted by atomic mass is 32.2. The number of fused-ring (bicyclic) bond motifs is 1. The van der Waals surface area contributed by atoms with E-state index in [1.165, 1.54) is 0 Å². The quantitative estimate of drug-likeness (QED) is 0.568. The lowest BCUT2D eigenvalue weighted by Crippen LogP contribution is -1.99. The number of rotatable bonds is 3. The van der Waals surface area contributed by atoms with E-state index in [4.69, 9.17) is 0 Å². The van der Waals surface area contributed by atoms with Gasteiger partial charge in [0.1, 0.15) is 0 Å². The van der Waals surface area contributed by atoms with Crippen LogP contribution in [0.4, 0.5) is 13.2 Å². The van der Waals surface area contributed by atoms with Crippen LogP contribution < -0.4 is 0 Å². The summed E-state index contributed by atoms with van der Waals surface area (Å²) in [5.41, 5.74) is -1.54. The van der Waals surface area contributed by atoms with Crippen molar-refractivity contribution >= 4 is 22.7 Å². The van der Waals surface area contributed by atoms with Gasteiger partial charge < -0.3 is 4.57 Å². The van der Waals surface area contributed by atoms with E-state index in [-0.39, 0.29) is 16.7 Å². The molecule has 3 rings (SSSR count). The maximum absolute atomic E-state index is 12.8. The Morgan fingerprint density at radius 2 is 1.73 bits per heavy atom. The molecule has 1 nitrogen and oxygen atoms in total. The van der Waals surface area contributed by atoms with Crippen molar-refractivity contribution in [2.75, 3.05) is 0 Å². The fourth-order valence-electron chi connectivity index (χ4n) is 2.60. The Morgan fingerprint density at radius 3 is 2.41 bits per heavy atom. The monoisotopic (exact) mass is 321 g/mol. The predicted molar refractivity (Wildman–Crippen MR) is 84.1 cm³/mol. The first-order chi connectivity index (χ1) is 10.4. The van der Waals surface area contributed by atoms with E-state index in [1.54, 1.807) is 6.20 Å². The van der Waals surface area contributed by atoms with Crippen molar-refractivity contribution in [3.8, 4) is 0 Å². The predicted octanol–water partition coefficient (Wildman–Crippen LogP) is 5.61. The van der Waals surface area contributed by atoms with Crippen LogP contribution in [0.2, 0.25) is 0 Å². The number of aryl methyl sites for hydroxylation is 1. The lowest BCUT2D eigenvalue weighted by molar-refractivity contribution is -0.0327. The van der Waals surface area contributed by atoms with Crippen molar-refractivity contribution in [3.05, 3.63) is 65.9 Å². The van der Waals surface area contributed by atoms with Gasteiger partial charge in [-0.25, -0.2) is 0 Å². The minimum absolute atomic E-state index is 0.0450. The molecule has 1 aromatic heterocycles. The third-order valence-electron chi connectivity index (χ3n) is 3.50.